The third-order valence-electron chi connectivity index (χ3n) is 2.11. The van der Waals surface area contributed by atoms with Crippen molar-refractivity contribution >= 4 is 11.9 Å². The van der Waals surface area contributed by atoms with Crippen molar-refractivity contribution in [3.8, 4) is 5.75 Å². The summed E-state index contributed by atoms with van der Waals surface area (Å²) in [7, 11) is 2.63. The number of carbonyl (C=O) groups excluding carboxylic acids is 1. The zero-order valence-electron chi connectivity index (χ0n) is 9.02. The number of carbonyl (C=O) groups is 2. The van der Waals surface area contributed by atoms with Gasteiger partial charge < -0.3 is 14.6 Å². The first-order valence-corrected chi connectivity index (χ1v) is 4.56. The predicted octanol–water partition coefficient (Wildman–Crippen LogP) is 1.11. The summed E-state index contributed by atoms with van der Waals surface area (Å²) in [6.07, 6.45) is -0.0880. The van der Waals surface area contributed by atoms with Crippen LogP contribution in [0.3, 0.4) is 0 Å². The van der Waals surface area contributed by atoms with E-state index >= 15 is 0 Å². The molecule has 0 fully saturated rings. The molecule has 0 unspecified atom stereocenters. The smallest absolute Gasteiger partial charge is 0.339 e. The maximum atomic E-state index is 11.1. The molecular weight excluding hydrogens is 212 g/mol. The molecule has 0 aliphatic heterocycles. The van der Waals surface area contributed by atoms with Gasteiger partial charge in [-0.3, -0.25) is 4.79 Å². The molecule has 1 N–H and O–H groups in total. The minimum atomic E-state index is -1.13. The zero-order chi connectivity index (χ0) is 12.1. The van der Waals surface area contributed by atoms with Crippen molar-refractivity contribution in [1.29, 1.82) is 0 Å². The van der Waals surface area contributed by atoms with E-state index in [9.17, 15) is 9.59 Å². The number of rotatable bonds is 4. The lowest BCUT2D eigenvalue weighted by Crippen LogP contribution is -2.11. The number of hydrogen-bond donors (Lipinski definition) is 1. The molecule has 0 saturated carbocycles. The number of methoxy groups -OCH3 is 2. The molecule has 1 rings (SSSR count). The van der Waals surface area contributed by atoms with Gasteiger partial charge in [0.05, 0.1) is 20.6 Å². The van der Waals surface area contributed by atoms with Crippen molar-refractivity contribution < 1.29 is 24.2 Å². The molecule has 0 heterocycles. The first kappa shape index (κ1) is 12.0. The lowest BCUT2D eigenvalue weighted by molar-refractivity contribution is -0.139. The molecule has 0 aromatic heterocycles. The molecule has 86 valence electrons. The number of benzene rings is 1. The normalized spacial score (nSPS) is 9.62. The van der Waals surface area contributed by atoms with Crippen molar-refractivity contribution in [1.82, 2.24) is 0 Å². The number of carboxylic acid groups (broad SMARTS) is 1. The summed E-state index contributed by atoms with van der Waals surface area (Å²) in [4.78, 5) is 22.1. The van der Waals surface area contributed by atoms with Crippen LogP contribution in [0.4, 0.5) is 0 Å². The average molecular weight is 224 g/mol. The van der Waals surface area contributed by atoms with E-state index < -0.39 is 11.9 Å². The van der Waals surface area contributed by atoms with Gasteiger partial charge in [-0.2, -0.15) is 0 Å². The second kappa shape index (κ2) is 5.16. The van der Waals surface area contributed by atoms with Crippen LogP contribution in [0.5, 0.6) is 5.75 Å². The van der Waals surface area contributed by atoms with Crippen LogP contribution in [0, 0.1) is 0 Å². The highest BCUT2D eigenvalue weighted by atomic mass is 16.5. The van der Waals surface area contributed by atoms with Gasteiger partial charge in [0.1, 0.15) is 11.3 Å². The maximum Gasteiger partial charge on any atom is 0.339 e. The van der Waals surface area contributed by atoms with E-state index in [0.29, 0.717) is 5.56 Å². The molecule has 0 radical (unpaired) electrons. The summed E-state index contributed by atoms with van der Waals surface area (Å²) in [6.45, 7) is 0. The Morgan fingerprint density at radius 2 is 2.00 bits per heavy atom. The topological polar surface area (TPSA) is 72.8 Å². The van der Waals surface area contributed by atoms with E-state index in [-0.39, 0.29) is 17.7 Å². The number of ether oxygens (including phenoxy) is 2. The highest BCUT2D eigenvalue weighted by Crippen LogP contribution is 2.22. The van der Waals surface area contributed by atoms with Crippen LogP contribution in [0.2, 0.25) is 0 Å². The van der Waals surface area contributed by atoms with E-state index in [1.165, 1.54) is 20.3 Å². The third kappa shape index (κ3) is 2.50. The van der Waals surface area contributed by atoms with E-state index in [2.05, 4.69) is 4.74 Å². The van der Waals surface area contributed by atoms with Crippen LogP contribution >= 0.6 is 0 Å². The summed E-state index contributed by atoms with van der Waals surface area (Å²) in [6, 6.07) is 4.72. The standard InChI is InChI=1S/C11H12O5/c1-15-8-5-3-4-7(6-9(12)16-2)10(8)11(13)14/h3-5H,6H2,1-2H3,(H,13,14). The molecule has 16 heavy (non-hydrogen) atoms. The van der Waals surface area contributed by atoms with Crippen molar-refractivity contribution in [3.05, 3.63) is 29.3 Å². The van der Waals surface area contributed by atoms with E-state index in [1.54, 1.807) is 12.1 Å². The lowest BCUT2D eigenvalue weighted by Gasteiger charge is -2.09. The van der Waals surface area contributed by atoms with E-state index in [4.69, 9.17) is 9.84 Å². The van der Waals surface area contributed by atoms with Gasteiger partial charge in [0.15, 0.2) is 0 Å². The second-order valence-corrected chi connectivity index (χ2v) is 3.05. The molecule has 0 atom stereocenters. The molecule has 1 aromatic rings. The summed E-state index contributed by atoms with van der Waals surface area (Å²) in [5.41, 5.74) is 0.370. The summed E-state index contributed by atoms with van der Waals surface area (Å²) in [5.74, 6) is -1.39. The highest BCUT2D eigenvalue weighted by Gasteiger charge is 2.18. The molecule has 0 bridgehead atoms. The minimum absolute atomic E-state index is 0.00426. The quantitative estimate of drug-likeness (QED) is 0.775. The molecule has 0 saturated heterocycles. The average Bonchev–Trinajstić information content (AvgIpc) is 2.28. The fourth-order valence-electron chi connectivity index (χ4n) is 1.36. The van der Waals surface area contributed by atoms with Crippen LogP contribution in [-0.2, 0) is 16.0 Å². The summed E-state index contributed by atoms with van der Waals surface area (Å²) >= 11 is 0. The van der Waals surface area contributed by atoms with Crippen molar-refractivity contribution in [2.24, 2.45) is 0 Å². The van der Waals surface area contributed by atoms with Crippen LogP contribution in [0.15, 0.2) is 18.2 Å². The molecule has 0 spiro atoms. The highest BCUT2D eigenvalue weighted by molar-refractivity contribution is 5.94. The largest absolute Gasteiger partial charge is 0.496 e. The van der Waals surface area contributed by atoms with Crippen LogP contribution in [0.25, 0.3) is 0 Å². The van der Waals surface area contributed by atoms with Crippen LogP contribution in [-0.4, -0.2) is 31.3 Å². The Kier molecular flexibility index (Phi) is 3.88. The van der Waals surface area contributed by atoms with Gasteiger partial charge in [-0.1, -0.05) is 12.1 Å². The van der Waals surface area contributed by atoms with E-state index in [1.807, 2.05) is 0 Å². The molecule has 0 aliphatic carbocycles. The van der Waals surface area contributed by atoms with Gasteiger partial charge in [0.25, 0.3) is 0 Å². The van der Waals surface area contributed by atoms with Gasteiger partial charge in [-0.25, -0.2) is 4.79 Å². The summed E-state index contributed by atoms with van der Waals surface area (Å²) in [5, 5.41) is 9.03. The second-order valence-electron chi connectivity index (χ2n) is 3.05. The van der Waals surface area contributed by atoms with Crippen molar-refractivity contribution in [2.45, 2.75) is 6.42 Å². The van der Waals surface area contributed by atoms with Gasteiger partial charge in [-0.15, -0.1) is 0 Å². The number of hydrogen-bond acceptors (Lipinski definition) is 4. The van der Waals surface area contributed by atoms with Gasteiger partial charge >= 0.3 is 11.9 Å². The third-order valence-corrected chi connectivity index (χ3v) is 2.11. The first-order chi connectivity index (χ1) is 7.60. The monoisotopic (exact) mass is 224 g/mol. The first-order valence-electron chi connectivity index (χ1n) is 4.56. The minimum Gasteiger partial charge on any atom is -0.496 e. The van der Waals surface area contributed by atoms with Gasteiger partial charge in [-0.05, 0) is 11.6 Å². The van der Waals surface area contributed by atoms with Crippen molar-refractivity contribution in [3.63, 3.8) is 0 Å². The fraction of sp³-hybridized carbons (Fsp3) is 0.273. The number of esters is 1. The Hall–Kier alpha value is -2.04. The Morgan fingerprint density at radius 1 is 1.31 bits per heavy atom. The van der Waals surface area contributed by atoms with Crippen molar-refractivity contribution in [2.75, 3.05) is 14.2 Å². The lowest BCUT2D eigenvalue weighted by atomic mass is 10.0. The molecule has 5 heteroatoms. The van der Waals surface area contributed by atoms with Gasteiger partial charge in [0.2, 0.25) is 0 Å². The van der Waals surface area contributed by atoms with Crippen LogP contribution < -0.4 is 4.74 Å². The Balaban J connectivity index is 3.17. The summed E-state index contributed by atoms with van der Waals surface area (Å²) < 4.78 is 9.42. The predicted molar refractivity (Wildman–Crippen MR) is 55.7 cm³/mol. The van der Waals surface area contributed by atoms with Gasteiger partial charge in [0, 0.05) is 0 Å². The molecule has 0 amide bonds. The zero-order valence-corrected chi connectivity index (χ0v) is 9.02. The number of aromatic carboxylic acids is 1. The molecule has 1 aromatic carbocycles. The fourth-order valence-corrected chi connectivity index (χ4v) is 1.36. The molecule has 5 nitrogen and oxygen atoms in total. The Labute approximate surface area is 92.6 Å². The Morgan fingerprint density at radius 3 is 2.50 bits per heavy atom. The number of carboxylic acids is 1. The molecule has 0 aliphatic rings. The SMILES string of the molecule is COC(=O)Cc1cccc(OC)c1C(=O)O. The van der Waals surface area contributed by atoms with E-state index in [0.717, 1.165) is 0 Å². The maximum absolute atomic E-state index is 11.1. The van der Waals surface area contributed by atoms with Crippen LogP contribution in [0.1, 0.15) is 15.9 Å². The molecular formula is C11H12O5. The Bertz CT molecular complexity index is 411.